The van der Waals surface area contributed by atoms with Crippen molar-refractivity contribution in [1.82, 2.24) is 0 Å². The van der Waals surface area contributed by atoms with E-state index in [0.29, 0.717) is 39.0 Å². The molecule has 1 nitrogen and oxygen atoms in total. The van der Waals surface area contributed by atoms with Gasteiger partial charge in [0.1, 0.15) is 5.75 Å². The highest BCUT2D eigenvalue weighted by Crippen LogP contribution is 2.44. The van der Waals surface area contributed by atoms with Crippen molar-refractivity contribution in [3.63, 3.8) is 0 Å². The van der Waals surface area contributed by atoms with E-state index < -0.39 is 27.3 Å². The van der Waals surface area contributed by atoms with Gasteiger partial charge in [0.25, 0.3) is 8.32 Å². The van der Waals surface area contributed by atoms with Crippen LogP contribution < -0.4 is 4.43 Å². The van der Waals surface area contributed by atoms with Crippen molar-refractivity contribution in [3.8, 4) is 5.75 Å². The Morgan fingerprint density at radius 2 is 1.00 bits per heavy atom. The number of halogens is 3. The maximum Gasteiger partial charge on any atom is 0.258 e. The van der Waals surface area contributed by atoms with Crippen LogP contribution in [0.4, 0.5) is 8.78 Å². The number of hydrogen-bond acceptors (Lipinski definition) is 1. The zero-order valence-electron chi connectivity index (χ0n) is 21.2. The van der Waals surface area contributed by atoms with Gasteiger partial charge in [0, 0.05) is 6.07 Å². The fraction of sp³-hybridized carbons (Fsp3) is 0.750. The second-order valence-electron chi connectivity index (χ2n) is 10.3. The Labute approximate surface area is 191 Å². The molecule has 1 rings (SSSR count). The van der Waals surface area contributed by atoms with Crippen LogP contribution in [0.15, 0.2) is 18.2 Å². The van der Waals surface area contributed by atoms with Gasteiger partial charge in [-0.15, -0.1) is 0 Å². The summed E-state index contributed by atoms with van der Waals surface area (Å²) in [5.41, 5.74) is 3.26. The SMILES string of the molecule is CC(C)[Si](Cl)(C(C)C)C(C)C.CC(C)[Si](Oc1ccc(F)c(F)c1)(C(C)C)C(C)C. The minimum atomic E-state index is -2.10. The van der Waals surface area contributed by atoms with E-state index in [-0.39, 0.29) is 0 Å². The van der Waals surface area contributed by atoms with Gasteiger partial charge in [-0.25, -0.2) is 8.78 Å². The molecule has 0 aromatic heterocycles. The summed E-state index contributed by atoms with van der Waals surface area (Å²) in [5.74, 6) is -1.24. The number of rotatable bonds is 8. The highest BCUT2D eigenvalue weighted by Gasteiger charge is 2.47. The van der Waals surface area contributed by atoms with Crippen molar-refractivity contribution in [1.29, 1.82) is 0 Å². The highest BCUT2D eigenvalue weighted by atomic mass is 35.6. The first kappa shape index (κ1) is 29.6. The molecule has 1 aromatic carbocycles. The number of hydrogen-bond donors (Lipinski definition) is 0. The van der Waals surface area contributed by atoms with Crippen LogP contribution in [-0.4, -0.2) is 15.7 Å². The topological polar surface area (TPSA) is 9.23 Å². The molecule has 1 aromatic rings. The molecule has 176 valence electrons. The molecule has 0 aliphatic heterocycles. The Hall–Kier alpha value is -0.396. The smallest absolute Gasteiger partial charge is 0.258 e. The van der Waals surface area contributed by atoms with Gasteiger partial charge >= 0.3 is 0 Å². The predicted molar refractivity (Wildman–Crippen MR) is 135 cm³/mol. The third-order valence-corrected chi connectivity index (χ3v) is 21.8. The van der Waals surface area contributed by atoms with Gasteiger partial charge in [-0.1, -0.05) is 83.1 Å². The summed E-state index contributed by atoms with van der Waals surface area (Å²) in [6.45, 7) is 26.5. The normalized spacial score (nSPS) is 13.0. The first-order chi connectivity index (χ1) is 13.5. The van der Waals surface area contributed by atoms with Crippen molar-refractivity contribution in [2.24, 2.45) is 0 Å². The molecule has 0 heterocycles. The minimum absolute atomic E-state index is 0.403. The van der Waals surface area contributed by atoms with Crippen LogP contribution >= 0.6 is 11.1 Å². The van der Waals surface area contributed by atoms with E-state index in [0.717, 1.165) is 12.1 Å². The lowest BCUT2D eigenvalue weighted by Crippen LogP contribution is -2.50. The molecule has 0 saturated heterocycles. The van der Waals surface area contributed by atoms with E-state index in [1.54, 1.807) is 0 Å². The average molecular weight is 479 g/mol. The van der Waals surface area contributed by atoms with Gasteiger partial charge in [0.15, 0.2) is 19.0 Å². The van der Waals surface area contributed by atoms with Crippen LogP contribution in [-0.2, 0) is 0 Å². The van der Waals surface area contributed by atoms with E-state index in [1.807, 2.05) is 0 Å². The second kappa shape index (κ2) is 12.0. The maximum absolute atomic E-state index is 13.3. The molecule has 0 aliphatic rings. The van der Waals surface area contributed by atoms with Gasteiger partial charge in [-0.3, -0.25) is 0 Å². The largest absolute Gasteiger partial charge is 0.543 e. The monoisotopic (exact) mass is 478 g/mol. The lowest BCUT2D eigenvalue weighted by molar-refractivity contribution is 0.462. The molecule has 0 amide bonds. The molecule has 0 fully saturated rings. The summed E-state index contributed by atoms with van der Waals surface area (Å²) >= 11 is 6.68. The Morgan fingerprint density at radius 1 is 0.633 bits per heavy atom. The average Bonchev–Trinajstić information content (AvgIpc) is 2.60. The summed E-state index contributed by atoms with van der Waals surface area (Å²) in [5, 5.41) is 0. The van der Waals surface area contributed by atoms with Gasteiger partial charge in [0.05, 0.1) is 0 Å². The number of benzene rings is 1. The molecule has 0 N–H and O–H groups in total. The van der Waals surface area contributed by atoms with Gasteiger partial charge in [-0.2, -0.15) is 11.1 Å². The fourth-order valence-electron chi connectivity index (χ4n) is 5.10. The van der Waals surface area contributed by atoms with Crippen LogP contribution in [0.25, 0.3) is 0 Å². The predicted octanol–water partition coefficient (Wildman–Crippen LogP) is 9.92. The Bertz CT molecular complexity index is 603. The van der Waals surface area contributed by atoms with E-state index in [9.17, 15) is 8.78 Å². The van der Waals surface area contributed by atoms with Crippen molar-refractivity contribution >= 4 is 26.8 Å². The van der Waals surface area contributed by atoms with E-state index in [4.69, 9.17) is 15.5 Å². The molecule has 30 heavy (non-hydrogen) atoms. The third kappa shape index (κ3) is 6.80. The van der Waals surface area contributed by atoms with Crippen molar-refractivity contribution in [3.05, 3.63) is 29.8 Å². The summed E-state index contributed by atoms with van der Waals surface area (Å²) < 4.78 is 32.6. The molecule has 0 bridgehead atoms. The van der Waals surface area contributed by atoms with Crippen LogP contribution in [0.3, 0.4) is 0 Å². The maximum atomic E-state index is 13.3. The van der Waals surface area contributed by atoms with E-state index >= 15 is 0 Å². The first-order valence-corrected chi connectivity index (χ1v) is 16.8. The molecule has 6 heteroatoms. The molecular weight excluding hydrogens is 434 g/mol. The van der Waals surface area contributed by atoms with E-state index in [1.165, 1.54) is 6.07 Å². The highest BCUT2D eigenvalue weighted by molar-refractivity contribution is 7.22. The van der Waals surface area contributed by atoms with Crippen molar-refractivity contribution in [2.75, 3.05) is 0 Å². The zero-order valence-corrected chi connectivity index (χ0v) is 24.0. The Balaban J connectivity index is 0.000000654. The van der Waals surface area contributed by atoms with Gasteiger partial charge < -0.3 is 4.43 Å². The van der Waals surface area contributed by atoms with E-state index in [2.05, 4.69) is 83.1 Å². The lowest BCUT2D eigenvalue weighted by atomic mass is 10.3. The Kier molecular flexibility index (Phi) is 11.8. The minimum Gasteiger partial charge on any atom is -0.543 e. The molecule has 0 saturated carbocycles. The fourth-order valence-corrected chi connectivity index (χ4v) is 14.3. The second-order valence-corrected chi connectivity index (χ2v) is 22.7. The van der Waals surface area contributed by atoms with Crippen LogP contribution in [0, 0.1) is 11.6 Å². The molecule has 0 unspecified atom stereocenters. The van der Waals surface area contributed by atoms with Gasteiger partial charge in [-0.05, 0) is 45.4 Å². The van der Waals surface area contributed by atoms with Gasteiger partial charge in [0.2, 0.25) is 0 Å². The van der Waals surface area contributed by atoms with Crippen LogP contribution in [0.5, 0.6) is 5.75 Å². The first-order valence-electron chi connectivity index (χ1n) is 11.4. The van der Waals surface area contributed by atoms with Crippen LogP contribution in [0.2, 0.25) is 33.2 Å². The summed E-state index contributed by atoms with van der Waals surface area (Å²) in [6.07, 6.45) is 0. The zero-order chi connectivity index (χ0) is 24.0. The summed E-state index contributed by atoms with van der Waals surface area (Å²) in [6, 6.07) is 3.81. The molecule has 0 spiro atoms. The molecule has 0 atom stereocenters. The summed E-state index contributed by atoms with van der Waals surface area (Å²) in [4.78, 5) is 0. The van der Waals surface area contributed by atoms with Crippen molar-refractivity contribution in [2.45, 2.75) is 116 Å². The van der Waals surface area contributed by atoms with Crippen molar-refractivity contribution < 1.29 is 13.2 Å². The third-order valence-electron chi connectivity index (χ3n) is 6.55. The molecule has 0 aliphatic carbocycles. The molecular formula is C24H45ClF2OSi2. The lowest BCUT2D eigenvalue weighted by Gasteiger charge is -2.42. The standard InChI is InChI=1S/C15H24F2OSi.C9H21ClSi/c1-10(2)19(11(3)4,12(5)6)18-13-7-8-14(16)15(17)9-13;1-7(2)11(10,8(3)4)9(5)6/h7-12H,1-6H3;7-9H,1-6H3. The molecule has 0 radical (unpaired) electrons. The van der Waals surface area contributed by atoms with Crippen LogP contribution in [0.1, 0.15) is 83.1 Å². The quantitative estimate of drug-likeness (QED) is 0.266. The Morgan fingerprint density at radius 3 is 1.23 bits per heavy atom. The summed E-state index contributed by atoms with van der Waals surface area (Å²) in [7, 11) is -3.61.